The van der Waals surface area contributed by atoms with Crippen LogP contribution in [0.5, 0.6) is 0 Å². The number of benzene rings is 2. The van der Waals surface area contributed by atoms with E-state index in [4.69, 9.17) is 4.74 Å². The van der Waals surface area contributed by atoms with Crippen molar-refractivity contribution in [1.29, 1.82) is 0 Å². The first-order chi connectivity index (χ1) is 9.72. The van der Waals surface area contributed by atoms with Crippen molar-refractivity contribution in [3.8, 4) is 0 Å². The van der Waals surface area contributed by atoms with Crippen molar-refractivity contribution in [1.82, 2.24) is 0 Å². The molecule has 0 unspecified atom stereocenters. The molecule has 0 aliphatic rings. The van der Waals surface area contributed by atoms with Gasteiger partial charge < -0.3 is 4.74 Å². The topological polar surface area (TPSA) is 50.7 Å². The summed E-state index contributed by atoms with van der Waals surface area (Å²) >= 11 is 0. The highest BCUT2D eigenvalue weighted by Gasteiger charge is 2.14. The average Bonchev–Trinajstić information content (AvgIpc) is 2.48. The van der Waals surface area contributed by atoms with Crippen molar-refractivity contribution >= 4 is 18.4 Å². The molecule has 4 nitrogen and oxygen atoms in total. The molecule has 0 aromatic heterocycles. The number of rotatable bonds is 5. The summed E-state index contributed by atoms with van der Waals surface area (Å²) in [6, 6.07) is 15.0. The largest absolute Gasteiger partial charge is 0.457 e. The van der Waals surface area contributed by atoms with Crippen molar-refractivity contribution in [3.63, 3.8) is 0 Å². The van der Waals surface area contributed by atoms with Crippen molar-refractivity contribution in [2.45, 2.75) is 13.5 Å². The monoisotopic (exact) mass is 268 g/mol. The Morgan fingerprint density at radius 3 is 2.65 bits per heavy atom. The number of hydrazone groups is 1. The van der Waals surface area contributed by atoms with Gasteiger partial charge in [-0.1, -0.05) is 42.5 Å². The molecule has 0 aliphatic carbocycles. The summed E-state index contributed by atoms with van der Waals surface area (Å²) in [5.74, 6) is -0.385. The molecule has 0 amide bonds. The predicted octanol–water partition coefficient (Wildman–Crippen LogP) is 3.38. The number of nitrogens with zero attached hydrogens (tertiary/aromatic N) is 1. The van der Waals surface area contributed by atoms with Gasteiger partial charge in [-0.3, -0.25) is 5.43 Å². The third-order valence-electron chi connectivity index (χ3n) is 2.90. The minimum absolute atomic E-state index is 0.245. The Bertz CT molecular complexity index is 609. The predicted molar refractivity (Wildman–Crippen MR) is 79.9 cm³/mol. The number of aryl methyl sites for hydroxylation is 1. The fourth-order valence-corrected chi connectivity index (χ4v) is 1.87. The van der Waals surface area contributed by atoms with Crippen molar-refractivity contribution in [2.75, 3.05) is 5.43 Å². The van der Waals surface area contributed by atoms with Crippen LogP contribution in [-0.4, -0.2) is 12.7 Å². The average molecular weight is 268 g/mol. The van der Waals surface area contributed by atoms with Gasteiger partial charge in [0.2, 0.25) is 0 Å². The Hall–Kier alpha value is -2.62. The number of carbonyl (C=O) groups is 1. The fraction of sp³-hybridized carbons (Fsp3) is 0.125. The molecule has 102 valence electrons. The Labute approximate surface area is 118 Å². The van der Waals surface area contributed by atoms with Crippen LogP contribution in [0, 0.1) is 6.92 Å². The Kier molecular flexibility index (Phi) is 4.50. The number of carbonyl (C=O) groups excluding carboxylic acids is 1. The van der Waals surface area contributed by atoms with Crippen LogP contribution in [0.1, 0.15) is 21.5 Å². The summed E-state index contributed by atoms with van der Waals surface area (Å²) in [7, 11) is 0. The molecule has 0 heterocycles. The van der Waals surface area contributed by atoms with E-state index in [1.807, 2.05) is 49.4 Å². The lowest BCUT2D eigenvalue weighted by Crippen LogP contribution is -2.09. The highest BCUT2D eigenvalue weighted by atomic mass is 16.5. The van der Waals surface area contributed by atoms with Crippen LogP contribution in [-0.2, 0) is 11.3 Å². The first kappa shape index (κ1) is 13.8. The Morgan fingerprint density at radius 1 is 1.20 bits per heavy atom. The second-order valence-electron chi connectivity index (χ2n) is 4.33. The summed E-state index contributed by atoms with van der Waals surface area (Å²) in [6.07, 6.45) is 0. The van der Waals surface area contributed by atoms with Crippen LogP contribution in [0.3, 0.4) is 0 Å². The van der Waals surface area contributed by atoms with E-state index in [-0.39, 0.29) is 12.6 Å². The van der Waals surface area contributed by atoms with Gasteiger partial charge in [-0.15, -0.1) is 0 Å². The Balaban J connectivity index is 2.13. The molecule has 0 radical (unpaired) electrons. The zero-order valence-electron chi connectivity index (χ0n) is 11.3. The second kappa shape index (κ2) is 6.52. The van der Waals surface area contributed by atoms with Crippen molar-refractivity contribution in [2.24, 2.45) is 5.10 Å². The van der Waals surface area contributed by atoms with Crippen LogP contribution in [0.4, 0.5) is 5.69 Å². The highest BCUT2D eigenvalue weighted by Crippen LogP contribution is 2.21. The number of nitrogens with one attached hydrogen (secondary N) is 1. The van der Waals surface area contributed by atoms with E-state index in [2.05, 4.69) is 17.2 Å². The molecule has 0 fully saturated rings. The standard InChI is InChI=1S/C16H16N2O2/c1-12-7-6-10-14(15(12)18-17-2)16(19)20-11-13-8-4-3-5-9-13/h3-10,18H,2,11H2,1H3. The van der Waals surface area contributed by atoms with E-state index in [0.29, 0.717) is 11.3 Å². The molecule has 2 aromatic carbocycles. The quantitative estimate of drug-likeness (QED) is 0.514. The number of esters is 1. The van der Waals surface area contributed by atoms with Gasteiger partial charge in [-0.05, 0) is 24.1 Å². The number of hydrogen-bond donors (Lipinski definition) is 1. The molecular weight excluding hydrogens is 252 g/mol. The molecule has 2 aromatic rings. The van der Waals surface area contributed by atoms with Crippen LogP contribution in [0.25, 0.3) is 0 Å². The molecule has 0 spiro atoms. The molecular formula is C16H16N2O2. The van der Waals surface area contributed by atoms with Gasteiger partial charge in [0.25, 0.3) is 0 Å². The maximum Gasteiger partial charge on any atom is 0.340 e. The lowest BCUT2D eigenvalue weighted by molar-refractivity contribution is 0.0474. The molecule has 0 saturated carbocycles. The third kappa shape index (κ3) is 3.23. The summed E-state index contributed by atoms with van der Waals surface area (Å²) in [4.78, 5) is 12.1. The summed E-state index contributed by atoms with van der Waals surface area (Å²) in [5.41, 5.74) is 5.67. The first-order valence-corrected chi connectivity index (χ1v) is 6.25. The summed E-state index contributed by atoms with van der Waals surface area (Å²) in [6.45, 7) is 5.51. The van der Waals surface area contributed by atoms with Gasteiger partial charge in [-0.25, -0.2) is 4.79 Å². The number of hydrogen-bond acceptors (Lipinski definition) is 4. The minimum Gasteiger partial charge on any atom is -0.457 e. The summed E-state index contributed by atoms with van der Waals surface area (Å²) in [5, 5.41) is 3.62. The minimum atomic E-state index is -0.385. The number of anilines is 1. The second-order valence-corrected chi connectivity index (χ2v) is 4.33. The first-order valence-electron chi connectivity index (χ1n) is 6.25. The summed E-state index contributed by atoms with van der Waals surface area (Å²) < 4.78 is 5.32. The third-order valence-corrected chi connectivity index (χ3v) is 2.90. The van der Waals surface area contributed by atoms with Crippen molar-refractivity contribution in [3.05, 3.63) is 65.2 Å². The maximum absolute atomic E-state index is 12.1. The molecule has 0 aliphatic heterocycles. The lowest BCUT2D eigenvalue weighted by Gasteiger charge is -2.11. The van der Waals surface area contributed by atoms with E-state index < -0.39 is 0 Å². The normalized spacial score (nSPS) is 9.85. The molecule has 0 atom stereocenters. The van der Waals surface area contributed by atoms with E-state index in [1.165, 1.54) is 0 Å². The van der Waals surface area contributed by atoms with Crippen LogP contribution in [0.2, 0.25) is 0 Å². The van der Waals surface area contributed by atoms with Crippen LogP contribution in [0.15, 0.2) is 53.6 Å². The van der Waals surface area contributed by atoms with Crippen LogP contribution < -0.4 is 5.43 Å². The number of para-hydroxylation sites is 1. The van der Waals surface area contributed by atoms with Gasteiger partial charge >= 0.3 is 5.97 Å². The van der Waals surface area contributed by atoms with Gasteiger partial charge in [-0.2, -0.15) is 5.10 Å². The molecule has 2 rings (SSSR count). The van der Waals surface area contributed by atoms with Crippen LogP contribution >= 0.6 is 0 Å². The fourth-order valence-electron chi connectivity index (χ4n) is 1.87. The zero-order valence-corrected chi connectivity index (χ0v) is 11.3. The smallest absolute Gasteiger partial charge is 0.340 e. The molecule has 0 bridgehead atoms. The molecule has 4 heteroatoms. The molecule has 0 saturated heterocycles. The van der Waals surface area contributed by atoms with E-state index in [1.54, 1.807) is 6.07 Å². The lowest BCUT2D eigenvalue weighted by atomic mass is 10.1. The van der Waals surface area contributed by atoms with Gasteiger partial charge in [0.15, 0.2) is 0 Å². The van der Waals surface area contributed by atoms with Gasteiger partial charge in [0.05, 0.1) is 11.3 Å². The highest BCUT2D eigenvalue weighted by molar-refractivity contribution is 5.96. The van der Waals surface area contributed by atoms with Gasteiger partial charge in [0.1, 0.15) is 6.61 Å². The number of ether oxygens (including phenoxy) is 1. The molecule has 1 N–H and O–H groups in total. The zero-order chi connectivity index (χ0) is 14.4. The van der Waals surface area contributed by atoms with E-state index >= 15 is 0 Å². The SMILES string of the molecule is C=NNc1c(C)cccc1C(=O)OCc1ccccc1. The molecule has 20 heavy (non-hydrogen) atoms. The van der Waals surface area contributed by atoms with Gasteiger partial charge in [0, 0.05) is 6.72 Å². The van der Waals surface area contributed by atoms with E-state index in [9.17, 15) is 4.79 Å². The Morgan fingerprint density at radius 2 is 1.95 bits per heavy atom. The van der Waals surface area contributed by atoms with E-state index in [0.717, 1.165) is 11.1 Å². The van der Waals surface area contributed by atoms with Crippen molar-refractivity contribution < 1.29 is 9.53 Å². The maximum atomic E-state index is 12.1.